The topological polar surface area (TPSA) is 69.6 Å². The zero-order chi connectivity index (χ0) is 21.8. The van der Waals surface area contributed by atoms with Crippen LogP contribution in [0.4, 0.5) is 4.39 Å². The number of likely N-dealkylation sites (tertiary alicyclic amines) is 1. The average molecular weight is 425 g/mol. The van der Waals surface area contributed by atoms with Crippen LogP contribution in [-0.4, -0.2) is 41.5 Å². The maximum absolute atomic E-state index is 13.1. The normalized spacial score (nSPS) is 20.7. The molecule has 2 N–H and O–H groups in total. The zero-order valence-corrected chi connectivity index (χ0v) is 17.6. The molecule has 2 aliphatic rings. The van der Waals surface area contributed by atoms with Crippen molar-refractivity contribution in [3.05, 3.63) is 71.5 Å². The van der Waals surface area contributed by atoms with Gasteiger partial charge in [-0.15, -0.1) is 0 Å². The van der Waals surface area contributed by atoms with Gasteiger partial charge in [0.05, 0.1) is 18.4 Å². The fraction of sp³-hybridized carbons (Fsp3) is 0.440. The number of carbonyl (C=O) groups excluding carboxylic acids is 2. The molecule has 2 aromatic rings. The standard InChI is InChI=1S/C25H29FN2O3/c26-21-10-8-18(9-11-21)15-22(29)28-14-4-7-20(16-28)24(31)27-17-25(12-13-25)23(30)19-5-2-1-3-6-19/h1-3,5-6,8-11,20,23,30H,4,7,12-17H2,(H,27,31)/t20-,23+/m0/s1. The van der Waals surface area contributed by atoms with Crippen LogP contribution in [0.3, 0.4) is 0 Å². The van der Waals surface area contributed by atoms with Crippen LogP contribution in [0.25, 0.3) is 0 Å². The maximum Gasteiger partial charge on any atom is 0.227 e. The Morgan fingerprint density at radius 2 is 1.84 bits per heavy atom. The molecule has 2 amide bonds. The van der Waals surface area contributed by atoms with E-state index in [1.165, 1.54) is 12.1 Å². The molecule has 0 unspecified atom stereocenters. The van der Waals surface area contributed by atoms with E-state index in [2.05, 4.69) is 5.32 Å². The van der Waals surface area contributed by atoms with Gasteiger partial charge in [-0.25, -0.2) is 4.39 Å². The van der Waals surface area contributed by atoms with Gasteiger partial charge < -0.3 is 15.3 Å². The van der Waals surface area contributed by atoms with Gasteiger partial charge >= 0.3 is 0 Å². The summed E-state index contributed by atoms with van der Waals surface area (Å²) in [5.41, 5.74) is 1.36. The van der Waals surface area contributed by atoms with E-state index in [4.69, 9.17) is 0 Å². The number of aliphatic hydroxyl groups excluding tert-OH is 1. The lowest BCUT2D eigenvalue weighted by atomic mass is 9.91. The number of rotatable bonds is 7. The summed E-state index contributed by atoms with van der Waals surface area (Å²) in [6.07, 6.45) is 2.92. The third-order valence-corrected chi connectivity index (χ3v) is 6.62. The summed E-state index contributed by atoms with van der Waals surface area (Å²) in [6, 6.07) is 15.5. The Bertz CT molecular complexity index is 912. The molecule has 0 aromatic heterocycles. The molecule has 5 nitrogen and oxygen atoms in total. The highest BCUT2D eigenvalue weighted by molar-refractivity contribution is 5.82. The first-order valence-electron chi connectivity index (χ1n) is 11.0. The Balaban J connectivity index is 1.29. The summed E-state index contributed by atoms with van der Waals surface area (Å²) in [6.45, 7) is 1.49. The van der Waals surface area contributed by atoms with Crippen LogP contribution in [0.1, 0.15) is 42.9 Å². The van der Waals surface area contributed by atoms with Crippen molar-refractivity contribution in [3.8, 4) is 0 Å². The third-order valence-electron chi connectivity index (χ3n) is 6.62. The van der Waals surface area contributed by atoms with Crippen molar-refractivity contribution < 1.29 is 19.1 Å². The first-order chi connectivity index (χ1) is 15.0. The highest BCUT2D eigenvalue weighted by Crippen LogP contribution is 2.54. The first-order valence-corrected chi connectivity index (χ1v) is 11.0. The second-order valence-corrected chi connectivity index (χ2v) is 8.88. The van der Waals surface area contributed by atoms with Gasteiger partial charge in [0.15, 0.2) is 0 Å². The average Bonchev–Trinajstić information content (AvgIpc) is 3.60. The molecule has 0 bridgehead atoms. The number of carbonyl (C=O) groups is 2. The monoisotopic (exact) mass is 424 g/mol. The molecule has 1 saturated carbocycles. The smallest absolute Gasteiger partial charge is 0.227 e. The van der Waals surface area contributed by atoms with Gasteiger partial charge in [-0.2, -0.15) is 0 Å². The minimum absolute atomic E-state index is 0.0396. The van der Waals surface area contributed by atoms with Crippen LogP contribution < -0.4 is 5.32 Å². The number of nitrogens with zero attached hydrogens (tertiary/aromatic N) is 1. The maximum atomic E-state index is 13.1. The second kappa shape index (κ2) is 9.18. The number of amides is 2. The molecule has 1 saturated heterocycles. The predicted octanol–water partition coefficient (Wildman–Crippen LogP) is 3.24. The number of halogens is 1. The van der Waals surface area contributed by atoms with Gasteiger partial charge in [0, 0.05) is 25.0 Å². The third kappa shape index (κ3) is 5.13. The molecule has 2 aromatic carbocycles. The van der Waals surface area contributed by atoms with Crippen molar-refractivity contribution in [1.82, 2.24) is 10.2 Å². The van der Waals surface area contributed by atoms with E-state index < -0.39 is 6.10 Å². The van der Waals surface area contributed by atoms with Crippen molar-refractivity contribution in [2.75, 3.05) is 19.6 Å². The molecule has 2 fully saturated rings. The van der Waals surface area contributed by atoms with Crippen LogP contribution in [0, 0.1) is 17.2 Å². The molecule has 1 aliphatic carbocycles. The molecule has 31 heavy (non-hydrogen) atoms. The van der Waals surface area contributed by atoms with Gasteiger partial charge in [0.2, 0.25) is 11.8 Å². The number of hydrogen-bond donors (Lipinski definition) is 2. The molecule has 1 aliphatic heterocycles. The quantitative estimate of drug-likeness (QED) is 0.717. The molecular weight excluding hydrogens is 395 g/mol. The summed E-state index contributed by atoms with van der Waals surface area (Å²) >= 11 is 0. The van der Waals surface area contributed by atoms with Gasteiger partial charge in [-0.1, -0.05) is 42.5 Å². The van der Waals surface area contributed by atoms with E-state index in [-0.39, 0.29) is 35.4 Å². The summed E-state index contributed by atoms with van der Waals surface area (Å²) in [7, 11) is 0. The van der Waals surface area contributed by atoms with Crippen molar-refractivity contribution in [1.29, 1.82) is 0 Å². The Morgan fingerprint density at radius 1 is 1.13 bits per heavy atom. The molecule has 2 atom stereocenters. The van der Waals surface area contributed by atoms with Gasteiger partial charge in [-0.05, 0) is 48.9 Å². The summed E-state index contributed by atoms with van der Waals surface area (Å²) < 4.78 is 13.1. The van der Waals surface area contributed by atoms with E-state index >= 15 is 0 Å². The minimum atomic E-state index is -0.589. The molecule has 0 spiro atoms. The molecular formula is C25H29FN2O3. The van der Waals surface area contributed by atoms with E-state index in [1.54, 1.807) is 17.0 Å². The highest BCUT2D eigenvalue weighted by Gasteiger charge is 2.49. The lowest BCUT2D eigenvalue weighted by molar-refractivity contribution is -0.135. The number of piperidine rings is 1. The Kier molecular flexibility index (Phi) is 6.37. The van der Waals surface area contributed by atoms with Crippen molar-refractivity contribution in [2.45, 2.75) is 38.2 Å². The Morgan fingerprint density at radius 3 is 2.52 bits per heavy atom. The summed E-state index contributed by atoms with van der Waals surface area (Å²) in [5, 5.41) is 13.8. The van der Waals surface area contributed by atoms with Crippen molar-refractivity contribution >= 4 is 11.8 Å². The Hall–Kier alpha value is -2.73. The number of aliphatic hydroxyl groups is 1. The molecule has 1 heterocycles. The first kappa shape index (κ1) is 21.5. The van der Waals surface area contributed by atoms with Gasteiger partial charge in [0.1, 0.15) is 5.82 Å². The molecule has 4 rings (SSSR count). The molecule has 164 valence electrons. The number of hydrogen-bond acceptors (Lipinski definition) is 3. The van der Waals surface area contributed by atoms with Gasteiger partial charge in [0.25, 0.3) is 0 Å². The summed E-state index contributed by atoms with van der Waals surface area (Å²) in [4.78, 5) is 27.2. The SMILES string of the molecule is O=C(NCC1([C@H](O)c2ccccc2)CC1)[C@H]1CCCN(C(=O)Cc2ccc(F)cc2)C1. The fourth-order valence-corrected chi connectivity index (χ4v) is 4.41. The van der Waals surface area contributed by atoms with Crippen LogP contribution >= 0.6 is 0 Å². The highest BCUT2D eigenvalue weighted by atomic mass is 19.1. The number of benzene rings is 2. The molecule has 0 radical (unpaired) electrons. The second-order valence-electron chi connectivity index (χ2n) is 8.88. The lowest BCUT2D eigenvalue weighted by Gasteiger charge is -2.33. The minimum Gasteiger partial charge on any atom is -0.388 e. The van der Waals surface area contributed by atoms with Crippen LogP contribution in [0.5, 0.6) is 0 Å². The summed E-state index contributed by atoms with van der Waals surface area (Å²) in [5.74, 6) is -0.652. The van der Waals surface area contributed by atoms with Crippen LogP contribution in [-0.2, 0) is 16.0 Å². The van der Waals surface area contributed by atoms with Crippen molar-refractivity contribution in [3.63, 3.8) is 0 Å². The van der Waals surface area contributed by atoms with Crippen molar-refractivity contribution in [2.24, 2.45) is 11.3 Å². The van der Waals surface area contributed by atoms with Crippen LogP contribution in [0.2, 0.25) is 0 Å². The Labute approximate surface area is 182 Å². The van der Waals surface area contributed by atoms with E-state index in [0.717, 1.165) is 36.8 Å². The largest absolute Gasteiger partial charge is 0.388 e. The van der Waals surface area contributed by atoms with Gasteiger partial charge in [-0.3, -0.25) is 9.59 Å². The lowest BCUT2D eigenvalue weighted by Crippen LogP contribution is -2.47. The zero-order valence-electron chi connectivity index (χ0n) is 17.6. The number of nitrogens with one attached hydrogen (secondary N) is 1. The van der Waals surface area contributed by atoms with E-state index in [0.29, 0.717) is 19.6 Å². The van der Waals surface area contributed by atoms with E-state index in [1.807, 2.05) is 30.3 Å². The predicted molar refractivity (Wildman–Crippen MR) is 115 cm³/mol. The van der Waals surface area contributed by atoms with Crippen LogP contribution in [0.15, 0.2) is 54.6 Å². The fourth-order valence-electron chi connectivity index (χ4n) is 4.41. The molecule has 6 heteroatoms. The van der Waals surface area contributed by atoms with E-state index in [9.17, 15) is 19.1 Å².